The normalized spacial score (nSPS) is 11.3. The van der Waals surface area contributed by atoms with Crippen molar-refractivity contribution in [2.75, 3.05) is 6.61 Å². The summed E-state index contributed by atoms with van der Waals surface area (Å²) in [5.74, 6) is 0. The summed E-state index contributed by atoms with van der Waals surface area (Å²) in [6.45, 7) is 0.159. The van der Waals surface area contributed by atoms with Crippen molar-refractivity contribution < 1.29 is 13.5 Å². The van der Waals surface area contributed by atoms with Crippen LogP contribution in [0.2, 0.25) is 0 Å². The van der Waals surface area contributed by atoms with Crippen molar-refractivity contribution in [1.29, 1.82) is 0 Å². The van der Waals surface area contributed by atoms with Gasteiger partial charge < -0.3 is 4.74 Å². The van der Waals surface area contributed by atoms with E-state index >= 15 is 0 Å². The first kappa shape index (κ1) is 12.6. The molecule has 0 N–H and O–H groups in total. The van der Waals surface area contributed by atoms with E-state index in [4.69, 9.17) is 4.74 Å². The van der Waals surface area contributed by atoms with Crippen LogP contribution >= 0.6 is 15.9 Å². The highest BCUT2D eigenvalue weighted by molar-refractivity contribution is 9.10. The van der Waals surface area contributed by atoms with Gasteiger partial charge in [-0.25, -0.2) is 4.68 Å². The fourth-order valence-corrected chi connectivity index (χ4v) is 1.47. The molecule has 0 saturated carbocycles. The molecule has 1 heterocycles. The number of nitrogens with zero attached hydrogens (tertiary/aromatic N) is 2. The molecule has 0 amide bonds. The largest absolute Gasteiger partial charge is 0.375 e. The SMILES string of the molecule is CCCCOCc1c(Br)cnn1C(F)F. The summed E-state index contributed by atoms with van der Waals surface area (Å²) in [5, 5.41) is 3.55. The molecule has 0 aliphatic heterocycles. The summed E-state index contributed by atoms with van der Waals surface area (Å²) in [5.41, 5.74) is 0.376. The lowest BCUT2D eigenvalue weighted by Crippen LogP contribution is -2.07. The minimum absolute atomic E-state index is 0.158. The molecule has 0 aliphatic carbocycles. The Hall–Kier alpha value is -0.490. The van der Waals surface area contributed by atoms with E-state index in [9.17, 15) is 8.78 Å². The summed E-state index contributed by atoms with van der Waals surface area (Å²) >= 11 is 3.16. The number of alkyl halides is 2. The van der Waals surface area contributed by atoms with E-state index < -0.39 is 6.55 Å². The summed E-state index contributed by atoms with van der Waals surface area (Å²) < 4.78 is 31.4. The molecule has 0 aliphatic rings. The highest BCUT2D eigenvalue weighted by Crippen LogP contribution is 2.21. The highest BCUT2D eigenvalue weighted by Gasteiger charge is 2.15. The third kappa shape index (κ3) is 3.53. The Morgan fingerprint density at radius 3 is 2.93 bits per heavy atom. The Morgan fingerprint density at radius 1 is 1.60 bits per heavy atom. The van der Waals surface area contributed by atoms with Crippen LogP contribution in [0, 0.1) is 0 Å². The van der Waals surface area contributed by atoms with Gasteiger partial charge in [0.1, 0.15) is 0 Å². The molecule has 1 rings (SSSR count). The maximum absolute atomic E-state index is 12.4. The smallest absolute Gasteiger partial charge is 0.333 e. The fourth-order valence-electron chi connectivity index (χ4n) is 1.09. The molecule has 0 fully saturated rings. The minimum Gasteiger partial charge on any atom is -0.375 e. The second kappa shape index (κ2) is 6.17. The Balaban J connectivity index is 2.54. The van der Waals surface area contributed by atoms with Gasteiger partial charge in [0, 0.05) is 6.61 Å². The van der Waals surface area contributed by atoms with Gasteiger partial charge in [-0.3, -0.25) is 0 Å². The average molecular weight is 283 g/mol. The number of unbranched alkanes of at least 4 members (excludes halogenated alkanes) is 1. The average Bonchev–Trinajstić information content (AvgIpc) is 2.55. The topological polar surface area (TPSA) is 27.1 Å². The lowest BCUT2D eigenvalue weighted by molar-refractivity contribution is 0.0407. The molecule has 0 unspecified atom stereocenters. The molecule has 0 bridgehead atoms. The van der Waals surface area contributed by atoms with Gasteiger partial charge in [0.05, 0.1) is 23.0 Å². The van der Waals surface area contributed by atoms with Crippen molar-refractivity contribution in [3.63, 3.8) is 0 Å². The number of ether oxygens (including phenoxy) is 1. The van der Waals surface area contributed by atoms with Crippen LogP contribution in [0.4, 0.5) is 8.78 Å². The number of aromatic nitrogens is 2. The van der Waals surface area contributed by atoms with Crippen LogP contribution in [-0.2, 0) is 11.3 Å². The molecule has 0 atom stereocenters. The molecule has 0 aromatic carbocycles. The fraction of sp³-hybridized carbons (Fsp3) is 0.667. The number of hydrogen-bond donors (Lipinski definition) is 0. The second-order valence-corrected chi connectivity index (χ2v) is 3.92. The number of hydrogen-bond acceptors (Lipinski definition) is 2. The molecular formula is C9H13BrF2N2O. The molecule has 0 radical (unpaired) electrons. The minimum atomic E-state index is -2.62. The molecule has 3 nitrogen and oxygen atoms in total. The molecular weight excluding hydrogens is 270 g/mol. The third-order valence-corrected chi connectivity index (χ3v) is 2.58. The Bertz CT molecular complexity index is 304. The quantitative estimate of drug-likeness (QED) is 0.748. The zero-order valence-corrected chi connectivity index (χ0v) is 10.0. The molecule has 86 valence electrons. The highest BCUT2D eigenvalue weighted by atomic mass is 79.9. The molecule has 0 saturated heterocycles. The van der Waals surface area contributed by atoms with Gasteiger partial charge >= 0.3 is 6.55 Å². The van der Waals surface area contributed by atoms with Gasteiger partial charge in [0.15, 0.2) is 0 Å². The Labute approximate surface area is 95.5 Å². The zero-order valence-electron chi connectivity index (χ0n) is 8.42. The maximum atomic E-state index is 12.4. The van der Waals surface area contributed by atoms with Crippen molar-refractivity contribution >= 4 is 15.9 Å². The predicted octanol–water partition coefficient (Wildman–Crippen LogP) is 3.36. The molecule has 6 heteroatoms. The van der Waals surface area contributed by atoms with Crippen LogP contribution in [0.25, 0.3) is 0 Å². The van der Waals surface area contributed by atoms with Crippen molar-refractivity contribution in [2.45, 2.75) is 32.9 Å². The summed E-state index contributed by atoms with van der Waals surface area (Å²) in [6, 6.07) is 0. The van der Waals surface area contributed by atoms with E-state index in [0.29, 0.717) is 21.5 Å². The van der Waals surface area contributed by atoms with Crippen LogP contribution in [0.3, 0.4) is 0 Å². The van der Waals surface area contributed by atoms with Crippen molar-refractivity contribution in [2.24, 2.45) is 0 Å². The van der Waals surface area contributed by atoms with Crippen LogP contribution in [-0.4, -0.2) is 16.4 Å². The van der Waals surface area contributed by atoms with Crippen LogP contribution in [0.15, 0.2) is 10.7 Å². The number of rotatable bonds is 6. The van der Waals surface area contributed by atoms with Crippen LogP contribution in [0.5, 0.6) is 0 Å². The van der Waals surface area contributed by atoms with Crippen LogP contribution in [0.1, 0.15) is 32.0 Å². The van der Waals surface area contributed by atoms with Crippen molar-refractivity contribution in [3.05, 3.63) is 16.4 Å². The summed E-state index contributed by atoms with van der Waals surface area (Å²) in [6.07, 6.45) is 3.31. The monoisotopic (exact) mass is 282 g/mol. The van der Waals surface area contributed by atoms with E-state index in [0.717, 1.165) is 12.8 Å². The van der Waals surface area contributed by atoms with Gasteiger partial charge in [-0.2, -0.15) is 13.9 Å². The predicted molar refractivity (Wildman–Crippen MR) is 55.7 cm³/mol. The summed E-state index contributed by atoms with van der Waals surface area (Å²) in [7, 11) is 0. The Morgan fingerprint density at radius 2 is 2.33 bits per heavy atom. The van der Waals surface area contributed by atoms with Crippen molar-refractivity contribution in [1.82, 2.24) is 9.78 Å². The lowest BCUT2D eigenvalue weighted by Gasteiger charge is -2.07. The molecule has 1 aromatic heterocycles. The van der Waals surface area contributed by atoms with Gasteiger partial charge in [-0.1, -0.05) is 13.3 Å². The number of halogens is 3. The van der Waals surface area contributed by atoms with E-state index in [2.05, 4.69) is 21.0 Å². The van der Waals surface area contributed by atoms with Gasteiger partial charge in [0.25, 0.3) is 0 Å². The maximum Gasteiger partial charge on any atom is 0.333 e. The van der Waals surface area contributed by atoms with Gasteiger partial charge in [-0.15, -0.1) is 0 Å². The first-order valence-corrected chi connectivity index (χ1v) is 5.54. The van der Waals surface area contributed by atoms with E-state index in [1.54, 1.807) is 0 Å². The van der Waals surface area contributed by atoms with Gasteiger partial charge in [-0.05, 0) is 22.4 Å². The molecule has 0 spiro atoms. The van der Waals surface area contributed by atoms with Crippen LogP contribution < -0.4 is 0 Å². The Kier molecular flexibility index (Phi) is 5.17. The van der Waals surface area contributed by atoms with Gasteiger partial charge in [0.2, 0.25) is 0 Å². The second-order valence-electron chi connectivity index (χ2n) is 3.07. The summed E-state index contributed by atoms with van der Waals surface area (Å²) in [4.78, 5) is 0. The molecule has 1 aromatic rings. The standard InChI is InChI=1S/C9H13BrF2N2O/c1-2-3-4-15-6-8-7(10)5-13-14(8)9(11)12/h5,9H,2-4,6H2,1H3. The van der Waals surface area contributed by atoms with E-state index in [1.165, 1.54) is 6.20 Å². The van der Waals surface area contributed by atoms with E-state index in [-0.39, 0.29) is 6.61 Å². The first-order chi connectivity index (χ1) is 7.16. The first-order valence-electron chi connectivity index (χ1n) is 4.74. The lowest BCUT2D eigenvalue weighted by atomic mass is 10.4. The zero-order chi connectivity index (χ0) is 11.3. The molecule has 15 heavy (non-hydrogen) atoms. The van der Waals surface area contributed by atoms with Crippen molar-refractivity contribution in [3.8, 4) is 0 Å². The van der Waals surface area contributed by atoms with E-state index in [1.807, 2.05) is 6.92 Å². The third-order valence-electron chi connectivity index (χ3n) is 1.91.